The van der Waals surface area contributed by atoms with Gasteiger partial charge < -0.3 is 5.73 Å². The number of anilines is 1. The zero-order chi connectivity index (χ0) is 13.9. The normalized spacial score (nSPS) is 11.5. The third kappa shape index (κ3) is 3.60. The lowest BCUT2D eigenvalue weighted by atomic mass is 10.1. The monoisotopic (exact) mass is 285 g/mol. The molecule has 3 nitrogen and oxygen atoms in total. The largest absolute Gasteiger partial charge is 0.416 e. The maximum atomic E-state index is 12.9. The lowest BCUT2D eigenvalue weighted by molar-refractivity contribution is -0.138. The molecule has 100 valence electrons. The Morgan fingerprint density at radius 3 is 2.63 bits per heavy atom. The summed E-state index contributed by atoms with van der Waals surface area (Å²) in [6, 6.07) is 5.46. The van der Waals surface area contributed by atoms with Gasteiger partial charge in [0.15, 0.2) is 0 Å². The molecule has 19 heavy (non-hydrogen) atoms. The van der Waals surface area contributed by atoms with E-state index < -0.39 is 11.7 Å². The minimum atomic E-state index is -4.41. The summed E-state index contributed by atoms with van der Waals surface area (Å²) in [6.07, 6.45) is -1.50. The van der Waals surface area contributed by atoms with Gasteiger partial charge in [-0.3, -0.25) is 0 Å². The molecule has 2 rings (SSSR count). The second-order valence-corrected chi connectivity index (χ2v) is 4.75. The Morgan fingerprint density at radius 2 is 2.00 bits per heavy atom. The highest BCUT2D eigenvalue weighted by Gasteiger charge is 2.33. The summed E-state index contributed by atoms with van der Waals surface area (Å²) in [4.78, 5) is 7.70. The van der Waals surface area contributed by atoms with Crippen molar-refractivity contribution in [3.8, 4) is 0 Å². The van der Waals surface area contributed by atoms with Gasteiger partial charge in [-0.1, -0.05) is 6.07 Å². The van der Waals surface area contributed by atoms with E-state index in [1.54, 1.807) is 12.3 Å². The van der Waals surface area contributed by atoms with E-state index in [9.17, 15) is 13.2 Å². The van der Waals surface area contributed by atoms with Crippen LogP contribution in [-0.2, 0) is 11.9 Å². The number of hydrogen-bond acceptors (Lipinski definition) is 4. The molecule has 0 aliphatic carbocycles. The minimum absolute atomic E-state index is 0.100. The molecule has 0 atom stereocenters. The molecule has 0 bridgehead atoms. The van der Waals surface area contributed by atoms with Gasteiger partial charge in [-0.05, 0) is 23.8 Å². The van der Waals surface area contributed by atoms with Crippen LogP contribution in [0.25, 0.3) is 0 Å². The lowest BCUT2D eigenvalue weighted by Crippen LogP contribution is -2.09. The van der Waals surface area contributed by atoms with E-state index in [-0.39, 0.29) is 17.0 Å². The van der Waals surface area contributed by atoms with Gasteiger partial charge in [0.25, 0.3) is 0 Å². The van der Waals surface area contributed by atoms with Gasteiger partial charge in [-0.25, -0.2) is 9.97 Å². The van der Waals surface area contributed by atoms with Crippen LogP contribution in [0.3, 0.4) is 0 Å². The van der Waals surface area contributed by atoms with Crippen molar-refractivity contribution in [2.75, 3.05) is 5.73 Å². The van der Waals surface area contributed by atoms with Crippen molar-refractivity contribution in [1.29, 1.82) is 0 Å². The SMILES string of the molecule is Nc1ccc(CSc2ccncn2)c(C(F)(F)F)c1. The van der Waals surface area contributed by atoms with Gasteiger partial charge in [0, 0.05) is 17.6 Å². The Labute approximate surface area is 112 Å². The molecule has 1 aromatic carbocycles. The maximum absolute atomic E-state index is 12.9. The third-order valence-electron chi connectivity index (χ3n) is 2.37. The maximum Gasteiger partial charge on any atom is 0.416 e. The smallest absolute Gasteiger partial charge is 0.399 e. The number of hydrogen-bond donors (Lipinski definition) is 1. The Kier molecular flexibility index (Phi) is 3.94. The van der Waals surface area contributed by atoms with Crippen LogP contribution in [0.5, 0.6) is 0 Å². The molecule has 7 heteroatoms. The van der Waals surface area contributed by atoms with Crippen LogP contribution in [0.4, 0.5) is 18.9 Å². The zero-order valence-corrected chi connectivity index (χ0v) is 10.5. The number of nitrogen functional groups attached to an aromatic ring is 1. The average Bonchev–Trinajstić information content (AvgIpc) is 2.37. The van der Waals surface area contributed by atoms with Crippen molar-refractivity contribution in [2.45, 2.75) is 17.0 Å². The average molecular weight is 285 g/mol. The number of thioether (sulfide) groups is 1. The summed E-state index contributed by atoms with van der Waals surface area (Å²) in [5.41, 5.74) is 4.99. The number of benzene rings is 1. The number of alkyl halides is 3. The molecule has 0 aliphatic heterocycles. The Morgan fingerprint density at radius 1 is 1.21 bits per heavy atom. The number of nitrogens with zero attached hydrogens (tertiary/aromatic N) is 2. The molecule has 1 heterocycles. The molecular formula is C12H10F3N3S. The van der Waals surface area contributed by atoms with Crippen LogP contribution >= 0.6 is 11.8 Å². The standard InChI is InChI=1S/C12H10F3N3S/c13-12(14,15)10-5-9(16)2-1-8(10)6-19-11-3-4-17-7-18-11/h1-5,7H,6,16H2. The molecule has 0 fully saturated rings. The highest BCUT2D eigenvalue weighted by Crippen LogP contribution is 2.35. The van der Waals surface area contributed by atoms with Crippen LogP contribution in [0.1, 0.15) is 11.1 Å². The third-order valence-corrected chi connectivity index (χ3v) is 3.36. The van der Waals surface area contributed by atoms with Gasteiger partial charge in [0.1, 0.15) is 6.33 Å². The van der Waals surface area contributed by atoms with Crippen molar-refractivity contribution in [2.24, 2.45) is 0 Å². The first-order valence-corrected chi connectivity index (χ1v) is 6.30. The van der Waals surface area contributed by atoms with Gasteiger partial charge in [0.2, 0.25) is 0 Å². The summed E-state index contributed by atoms with van der Waals surface area (Å²) < 4.78 is 38.6. The molecule has 1 aromatic heterocycles. The van der Waals surface area contributed by atoms with E-state index in [4.69, 9.17) is 5.73 Å². The van der Waals surface area contributed by atoms with Crippen molar-refractivity contribution in [1.82, 2.24) is 9.97 Å². The van der Waals surface area contributed by atoms with Gasteiger partial charge in [-0.15, -0.1) is 11.8 Å². The fourth-order valence-corrected chi connectivity index (χ4v) is 2.33. The molecule has 0 aliphatic rings. The first kappa shape index (κ1) is 13.7. The molecule has 0 saturated carbocycles. The van der Waals surface area contributed by atoms with Crippen LogP contribution in [0.15, 0.2) is 41.8 Å². The Hall–Kier alpha value is -1.76. The summed E-state index contributed by atoms with van der Waals surface area (Å²) in [7, 11) is 0. The molecule has 2 N–H and O–H groups in total. The fourth-order valence-electron chi connectivity index (χ4n) is 1.50. The molecule has 0 amide bonds. The van der Waals surface area contributed by atoms with E-state index in [0.29, 0.717) is 5.03 Å². The highest BCUT2D eigenvalue weighted by atomic mass is 32.2. The van der Waals surface area contributed by atoms with Gasteiger partial charge in [0.05, 0.1) is 10.6 Å². The molecule has 0 radical (unpaired) electrons. The quantitative estimate of drug-likeness (QED) is 0.533. The zero-order valence-electron chi connectivity index (χ0n) is 9.69. The highest BCUT2D eigenvalue weighted by molar-refractivity contribution is 7.98. The Balaban J connectivity index is 2.21. The van der Waals surface area contributed by atoms with Crippen molar-refractivity contribution >= 4 is 17.4 Å². The Bertz CT molecular complexity index is 558. The fraction of sp³-hybridized carbons (Fsp3) is 0.167. The first-order valence-electron chi connectivity index (χ1n) is 5.31. The van der Waals surface area contributed by atoms with Gasteiger partial charge in [-0.2, -0.15) is 13.2 Å². The lowest BCUT2D eigenvalue weighted by Gasteiger charge is -2.13. The van der Waals surface area contributed by atoms with Crippen molar-refractivity contribution in [3.63, 3.8) is 0 Å². The topological polar surface area (TPSA) is 51.8 Å². The second-order valence-electron chi connectivity index (χ2n) is 3.75. The molecular weight excluding hydrogens is 275 g/mol. The van der Waals surface area contributed by atoms with E-state index in [0.717, 1.165) is 6.07 Å². The van der Waals surface area contributed by atoms with E-state index in [1.165, 1.54) is 30.2 Å². The first-order chi connectivity index (χ1) is 8.97. The van der Waals surface area contributed by atoms with Gasteiger partial charge >= 0.3 is 6.18 Å². The number of halogens is 3. The molecule has 0 spiro atoms. The predicted octanol–water partition coefficient (Wildman–Crippen LogP) is 3.37. The van der Waals surface area contributed by atoms with Crippen LogP contribution in [-0.4, -0.2) is 9.97 Å². The van der Waals surface area contributed by atoms with Crippen molar-refractivity contribution < 1.29 is 13.2 Å². The molecule has 0 unspecified atom stereocenters. The van der Waals surface area contributed by atoms with Crippen LogP contribution in [0, 0.1) is 0 Å². The summed E-state index contributed by atoms with van der Waals surface area (Å²) in [5, 5.41) is 0.625. The van der Waals surface area contributed by atoms with Crippen LogP contribution < -0.4 is 5.73 Å². The van der Waals surface area contributed by atoms with E-state index in [1.807, 2.05) is 0 Å². The predicted molar refractivity (Wildman–Crippen MR) is 67.4 cm³/mol. The number of rotatable bonds is 3. The molecule has 2 aromatic rings. The summed E-state index contributed by atoms with van der Waals surface area (Å²) in [5.74, 6) is 0.173. The minimum Gasteiger partial charge on any atom is -0.399 e. The number of nitrogens with two attached hydrogens (primary N) is 1. The summed E-state index contributed by atoms with van der Waals surface area (Å²) >= 11 is 1.22. The summed E-state index contributed by atoms with van der Waals surface area (Å²) in [6.45, 7) is 0. The van der Waals surface area contributed by atoms with E-state index in [2.05, 4.69) is 9.97 Å². The second kappa shape index (κ2) is 5.48. The van der Waals surface area contributed by atoms with E-state index >= 15 is 0 Å². The molecule has 0 saturated heterocycles. The number of aromatic nitrogens is 2. The van der Waals surface area contributed by atoms with Crippen molar-refractivity contribution in [3.05, 3.63) is 47.9 Å². The van der Waals surface area contributed by atoms with Crippen LogP contribution in [0.2, 0.25) is 0 Å².